The molecule has 0 bridgehead atoms. The number of aliphatic hydroxyl groups excluding tert-OH is 3. The monoisotopic (exact) mass is 448 g/mol. The Morgan fingerprint density at radius 1 is 0.844 bits per heavy atom. The van der Waals surface area contributed by atoms with E-state index in [9.17, 15) is 15.3 Å². The van der Waals surface area contributed by atoms with E-state index in [1.54, 1.807) is 0 Å². The number of ether oxygens (including phenoxy) is 2. The first-order valence-electron chi connectivity index (χ1n) is 13.5. The quantitative estimate of drug-likeness (QED) is 0.526. The van der Waals surface area contributed by atoms with Crippen molar-refractivity contribution < 1.29 is 24.8 Å². The van der Waals surface area contributed by atoms with Gasteiger partial charge in [-0.1, -0.05) is 27.7 Å². The second-order valence-corrected chi connectivity index (χ2v) is 13.3. The zero-order valence-corrected chi connectivity index (χ0v) is 20.4. The van der Waals surface area contributed by atoms with Gasteiger partial charge in [0, 0.05) is 18.3 Å². The van der Waals surface area contributed by atoms with Crippen LogP contribution in [0.3, 0.4) is 0 Å². The van der Waals surface area contributed by atoms with Gasteiger partial charge in [0.25, 0.3) is 0 Å². The Morgan fingerprint density at radius 3 is 2.34 bits per heavy atom. The minimum atomic E-state index is -0.606. The van der Waals surface area contributed by atoms with Crippen LogP contribution in [0.15, 0.2) is 0 Å². The van der Waals surface area contributed by atoms with Crippen LogP contribution < -0.4 is 0 Å². The molecule has 6 fully saturated rings. The van der Waals surface area contributed by atoms with Crippen LogP contribution in [-0.2, 0) is 9.47 Å². The Hall–Kier alpha value is -0.200. The fourth-order valence-electron chi connectivity index (χ4n) is 10.3. The number of aliphatic hydroxyl groups is 3. The summed E-state index contributed by atoms with van der Waals surface area (Å²) >= 11 is 0. The highest BCUT2D eigenvalue weighted by molar-refractivity contribution is 5.18. The molecule has 1 spiro atoms. The van der Waals surface area contributed by atoms with Gasteiger partial charge >= 0.3 is 0 Å². The minimum Gasteiger partial charge on any atom is -0.390 e. The third-order valence-electron chi connectivity index (χ3n) is 12.0. The van der Waals surface area contributed by atoms with Crippen molar-refractivity contribution in [3.05, 3.63) is 0 Å². The van der Waals surface area contributed by atoms with E-state index in [0.29, 0.717) is 41.9 Å². The molecule has 0 amide bonds. The van der Waals surface area contributed by atoms with Gasteiger partial charge in [-0.05, 0) is 85.4 Å². The van der Waals surface area contributed by atoms with Crippen LogP contribution in [0.4, 0.5) is 0 Å². The van der Waals surface area contributed by atoms with Crippen molar-refractivity contribution in [3.63, 3.8) is 0 Å². The highest BCUT2D eigenvalue weighted by Gasteiger charge is 2.72. The Labute approximate surface area is 193 Å². The second kappa shape index (κ2) is 7.16. The van der Waals surface area contributed by atoms with Gasteiger partial charge < -0.3 is 24.8 Å². The van der Waals surface area contributed by atoms with Crippen molar-refractivity contribution in [1.29, 1.82) is 0 Å². The van der Waals surface area contributed by atoms with Crippen LogP contribution in [0.25, 0.3) is 0 Å². The average molecular weight is 449 g/mol. The fraction of sp³-hybridized carbons (Fsp3) is 1.00. The molecule has 0 aromatic heterocycles. The summed E-state index contributed by atoms with van der Waals surface area (Å²) in [4.78, 5) is 0. The molecule has 6 rings (SSSR count). The summed E-state index contributed by atoms with van der Waals surface area (Å²) in [6.45, 7) is 10.2. The first-order valence-corrected chi connectivity index (χ1v) is 13.5. The van der Waals surface area contributed by atoms with Gasteiger partial charge in [-0.2, -0.15) is 0 Å². The van der Waals surface area contributed by atoms with E-state index in [4.69, 9.17) is 9.47 Å². The van der Waals surface area contributed by atoms with E-state index in [1.807, 2.05) is 0 Å². The molecule has 0 aromatic carbocycles. The maximum absolute atomic E-state index is 11.8. The molecular weight excluding hydrogens is 404 g/mol. The zero-order valence-electron chi connectivity index (χ0n) is 20.4. The number of fused-ring (bicyclic) bond motifs is 7. The van der Waals surface area contributed by atoms with E-state index in [1.165, 1.54) is 6.42 Å². The lowest BCUT2D eigenvalue weighted by molar-refractivity contribution is -0.282. The smallest absolute Gasteiger partial charge is 0.171 e. The van der Waals surface area contributed by atoms with E-state index in [-0.39, 0.29) is 22.9 Å². The number of rotatable bonds is 0. The lowest BCUT2D eigenvalue weighted by Crippen LogP contribution is -2.58. The molecule has 182 valence electrons. The molecule has 6 aliphatic rings. The Kier molecular flexibility index (Phi) is 4.99. The fourth-order valence-corrected chi connectivity index (χ4v) is 10.3. The van der Waals surface area contributed by atoms with Crippen LogP contribution in [-0.4, -0.2) is 52.1 Å². The molecule has 2 aliphatic heterocycles. The third kappa shape index (κ3) is 2.75. The Morgan fingerprint density at radius 2 is 1.62 bits per heavy atom. The molecule has 2 heterocycles. The maximum Gasteiger partial charge on any atom is 0.171 e. The molecule has 5 unspecified atom stereocenters. The summed E-state index contributed by atoms with van der Waals surface area (Å²) in [7, 11) is 0. The van der Waals surface area contributed by atoms with Crippen LogP contribution in [0.2, 0.25) is 0 Å². The van der Waals surface area contributed by atoms with Gasteiger partial charge in [0.1, 0.15) is 0 Å². The average Bonchev–Trinajstić information content (AvgIpc) is 3.15. The molecule has 0 aromatic rings. The first kappa shape index (κ1) is 22.3. The molecule has 5 nitrogen and oxygen atoms in total. The summed E-state index contributed by atoms with van der Waals surface area (Å²) in [5.74, 6) is 2.49. The molecule has 5 heteroatoms. The van der Waals surface area contributed by atoms with Gasteiger partial charge in [0.2, 0.25) is 0 Å². The summed E-state index contributed by atoms with van der Waals surface area (Å²) < 4.78 is 13.1. The van der Waals surface area contributed by atoms with Gasteiger partial charge in [-0.25, -0.2) is 0 Å². The van der Waals surface area contributed by atoms with Crippen molar-refractivity contribution in [1.82, 2.24) is 0 Å². The second-order valence-electron chi connectivity index (χ2n) is 13.3. The number of hydrogen-bond donors (Lipinski definition) is 3. The van der Waals surface area contributed by atoms with Crippen LogP contribution in [0.5, 0.6) is 0 Å². The predicted octanol–water partition coefficient (Wildman–Crippen LogP) is 3.74. The highest BCUT2D eigenvalue weighted by atomic mass is 16.7. The van der Waals surface area contributed by atoms with Crippen molar-refractivity contribution in [2.75, 3.05) is 6.61 Å². The van der Waals surface area contributed by atoms with Gasteiger partial charge in [0.15, 0.2) is 5.79 Å². The first-order chi connectivity index (χ1) is 15.1. The third-order valence-corrected chi connectivity index (χ3v) is 12.0. The van der Waals surface area contributed by atoms with Gasteiger partial charge in [-0.3, -0.25) is 0 Å². The molecule has 32 heavy (non-hydrogen) atoms. The maximum atomic E-state index is 11.8. The van der Waals surface area contributed by atoms with Crippen molar-refractivity contribution in [2.45, 2.75) is 109 Å². The van der Waals surface area contributed by atoms with Gasteiger partial charge in [0.05, 0.1) is 31.0 Å². The molecule has 14 atom stereocenters. The molecule has 0 radical (unpaired) electrons. The molecule has 4 saturated carbocycles. The summed E-state index contributed by atoms with van der Waals surface area (Å²) in [5.41, 5.74) is 0.146. The molecule has 4 aliphatic carbocycles. The van der Waals surface area contributed by atoms with E-state index >= 15 is 0 Å². The summed E-state index contributed by atoms with van der Waals surface area (Å²) in [6, 6.07) is 0. The summed E-state index contributed by atoms with van der Waals surface area (Å²) in [6.07, 6.45) is 6.33. The lowest BCUT2D eigenvalue weighted by atomic mass is 9.44. The van der Waals surface area contributed by atoms with Crippen molar-refractivity contribution >= 4 is 0 Å². The van der Waals surface area contributed by atoms with E-state index < -0.39 is 24.1 Å². The highest BCUT2D eigenvalue weighted by Crippen LogP contribution is 2.71. The number of hydrogen-bond acceptors (Lipinski definition) is 5. The Bertz CT molecular complexity index is 748. The minimum absolute atomic E-state index is 0.0661. The van der Waals surface area contributed by atoms with E-state index in [0.717, 1.165) is 45.1 Å². The zero-order chi connectivity index (χ0) is 22.6. The van der Waals surface area contributed by atoms with Crippen molar-refractivity contribution in [3.8, 4) is 0 Å². The lowest BCUT2D eigenvalue weighted by Gasteiger charge is -2.62. The van der Waals surface area contributed by atoms with Crippen LogP contribution >= 0.6 is 0 Å². The van der Waals surface area contributed by atoms with Crippen molar-refractivity contribution in [2.24, 2.45) is 52.3 Å². The molecule has 3 N–H and O–H groups in total. The topological polar surface area (TPSA) is 79.2 Å². The largest absolute Gasteiger partial charge is 0.390 e. The standard InChI is InChI=1S/C27H44O5/c1-14-7-10-27(31-13-14)15(2)21-24(32-27)23(30)22-17-6-5-16-11-19(28)20(29)12-26(16,4)18(17)8-9-25(21,22)3/h14-24,28-30H,5-13H2,1-4H3/t14?,15-,16?,17?,18?,19+,20+,21-,22?,23-,24+,25+,26-,27+/m0/s1. The molecular formula is C27H44O5. The molecule has 2 saturated heterocycles. The van der Waals surface area contributed by atoms with Crippen LogP contribution in [0.1, 0.15) is 79.1 Å². The normalized spacial score (nSPS) is 64.0. The summed E-state index contributed by atoms with van der Waals surface area (Å²) in [5, 5.41) is 32.7. The Balaban J connectivity index is 1.30. The SMILES string of the molecule is CC1CC[C@@]2(OC1)O[C@@H]1[C@H]([C@@H]2C)[C@@]2(C)CCC3C(CCC4C[C@@H](O)[C@H](O)C[C@@]43C)C2[C@@H]1O. The van der Waals surface area contributed by atoms with Crippen LogP contribution in [0, 0.1) is 52.3 Å². The van der Waals surface area contributed by atoms with Gasteiger partial charge in [-0.15, -0.1) is 0 Å². The predicted molar refractivity (Wildman–Crippen MR) is 121 cm³/mol. The van der Waals surface area contributed by atoms with E-state index in [2.05, 4.69) is 27.7 Å².